The van der Waals surface area contributed by atoms with E-state index in [9.17, 15) is 5.48 Å². The van der Waals surface area contributed by atoms with E-state index in [1.165, 1.54) is 11.8 Å². The number of fused-ring (bicyclic) bond motifs is 7. The van der Waals surface area contributed by atoms with E-state index in [2.05, 4.69) is 0 Å². The number of hydrogen-bond acceptors (Lipinski definition) is 1. The van der Waals surface area contributed by atoms with Crippen LogP contribution in [0.1, 0.15) is 26.0 Å². The molecule has 214 valence electrons. The summed E-state index contributed by atoms with van der Waals surface area (Å²) in [6, 6.07) is 2.60. The normalized spacial score (nSPS) is 18.0. The number of hydrogen-bond donors (Lipinski definition) is 0. The van der Waals surface area contributed by atoms with Gasteiger partial charge in [0.25, 0.3) is 0 Å². The van der Waals surface area contributed by atoms with Crippen molar-refractivity contribution in [1.29, 1.82) is 0 Å². The quantitative estimate of drug-likeness (QED) is 0.190. The maximum absolute atomic E-state index is 9.84. The molecule has 0 N–H and O–H groups in total. The van der Waals surface area contributed by atoms with Gasteiger partial charge in [-0.15, -0.1) is 0 Å². The van der Waals surface area contributed by atoms with Crippen LogP contribution < -0.4 is 0 Å². The van der Waals surface area contributed by atoms with Crippen LogP contribution in [0.15, 0.2) is 173 Å². The summed E-state index contributed by atoms with van der Waals surface area (Å²) in [5, 5.41) is 0.104. The van der Waals surface area contributed by atoms with E-state index in [0.717, 1.165) is 19.7 Å². The standard InChI is InChI=1S/C44H27NS/c1-3-10-28(11-4-1)33-22-25-42-43-35(33)16-9-17-36(43)39-27-31(20-24-41(39)46-42)30-19-23-40-38(26-30)37-21-18-29-12-7-8-15-34(29)44(37)45(40)32-13-5-2-6-14-32/h1-27H/i1D,2D,3D,4D,5D,6D,7D,8D,10D,11D,12D,13D,14D,15D,18D,19D,21D,23D,26D. The molecular formula is C44H27NS. The molecule has 0 radical (unpaired) electrons. The summed E-state index contributed by atoms with van der Waals surface area (Å²) in [7, 11) is 0. The van der Waals surface area contributed by atoms with Gasteiger partial charge < -0.3 is 4.57 Å². The van der Waals surface area contributed by atoms with E-state index < -0.39 is 114 Å². The van der Waals surface area contributed by atoms with Gasteiger partial charge in [-0.25, -0.2) is 0 Å². The predicted molar refractivity (Wildman–Crippen MR) is 196 cm³/mol. The van der Waals surface area contributed by atoms with Crippen molar-refractivity contribution in [2.75, 3.05) is 0 Å². The van der Waals surface area contributed by atoms with Gasteiger partial charge in [0, 0.05) is 37.0 Å². The highest BCUT2D eigenvalue weighted by Crippen LogP contribution is 2.50. The number of nitrogens with zero attached hydrogens (tertiary/aromatic N) is 1. The summed E-state index contributed by atoms with van der Waals surface area (Å²) < 4.78 is 168. The zero-order chi connectivity index (χ0) is 46.7. The fraction of sp³-hybridized carbons (Fsp3) is 0. The van der Waals surface area contributed by atoms with Crippen molar-refractivity contribution in [2.45, 2.75) is 9.79 Å². The van der Waals surface area contributed by atoms with Crippen LogP contribution in [0.3, 0.4) is 0 Å². The third-order valence-corrected chi connectivity index (χ3v) is 9.36. The lowest BCUT2D eigenvalue weighted by atomic mass is 9.91. The Morgan fingerprint density at radius 1 is 0.500 bits per heavy atom. The number of para-hydroxylation sites is 1. The Morgan fingerprint density at radius 3 is 2.20 bits per heavy atom. The molecule has 1 aromatic heterocycles. The van der Waals surface area contributed by atoms with E-state index >= 15 is 0 Å². The van der Waals surface area contributed by atoms with E-state index in [1.807, 2.05) is 12.1 Å². The summed E-state index contributed by atoms with van der Waals surface area (Å²) in [5.74, 6) is 0. The Kier molecular flexibility index (Phi) is 2.91. The summed E-state index contributed by atoms with van der Waals surface area (Å²) >= 11 is 1.41. The molecule has 0 saturated heterocycles. The molecule has 0 aliphatic carbocycles. The van der Waals surface area contributed by atoms with Crippen LogP contribution in [0.2, 0.25) is 0 Å². The zero-order valence-electron chi connectivity index (χ0n) is 42.5. The Labute approximate surface area is 298 Å². The maximum Gasteiger partial charge on any atom is 0.0645 e. The van der Waals surface area contributed by atoms with Gasteiger partial charge >= 0.3 is 0 Å². The van der Waals surface area contributed by atoms with Gasteiger partial charge in [-0.05, 0) is 86.5 Å². The molecule has 0 spiro atoms. The smallest absolute Gasteiger partial charge is 0.0645 e. The van der Waals surface area contributed by atoms with E-state index in [0.29, 0.717) is 22.1 Å². The van der Waals surface area contributed by atoms with Crippen LogP contribution in [0.25, 0.3) is 82.4 Å². The van der Waals surface area contributed by atoms with Crippen LogP contribution in [0.4, 0.5) is 0 Å². The highest BCUT2D eigenvalue weighted by molar-refractivity contribution is 7.99. The molecule has 1 nitrogen and oxygen atoms in total. The minimum absolute atomic E-state index is 0.0361. The molecule has 0 fully saturated rings. The first kappa shape index (κ1) is 13.4. The monoisotopic (exact) mass is 620 g/mol. The molecule has 1 aliphatic heterocycles. The molecule has 2 heteroatoms. The number of benzene rings is 8. The minimum atomic E-state index is -0.769. The van der Waals surface area contributed by atoms with Crippen LogP contribution >= 0.6 is 11.8 Å². The Bertz CT molecular complexity index is 3690. The maximum atomic E-state index is 9.84. The molecule has 0 saturated carbocycles. The highest BCUT2D eigenvalue weighted by Gasteiger charge is 2.22. The van der Waals surface area contributed by atoms with Gasteiger partial charge in [0.1, 0.15) is 0 Å². The topological polar surface area (TPSA) is 4.93 Å². The van der Waals surface area contributed by atoms with Gasteiger partial charge in [-0.1, -0.05) is 133 Å². The fourth-order valence-corrected chi connectivity index (χ4v) is 7.38. The van der Waals surface area contributed by atoms with Gasteiger partial charge in [0.15, 0.2) is 0 Å². The molecule has 0 amide bonds. The summed E-state index contributed by atoms with van der Waals surface area (Å²) in [5.41, 5.74) is 0.768. The van der Waals surface area contributed by atoms with Crippen molar-refractivity contribution >= 4 is 55.1 Å². The van der Waals surface area contributed by atoms with Crippen molar-refractivity contribution in [1.82, 2.24) is 4.57 Å². The van der Waals surface area contributed by atoms with Crippen molar-refractivity contribution in [3.63, 3.8) is 0 Å². The van der Waals surface area contributed by atoms with Crippen molar-refractivity contribution in [3.8, 4) is 39.1 Å². The number of aromatic nitrogens is 1. The predicted octanol–water partition coefficient (Wildman–Crippen LogP) is 12.6. The fourth-order valence-electron chi connectivity index (χ4n) is 6.27. The molecular weight excluding hydrogens is 575 g/mol. The molecule has 46 heavy (non-hydrogen) atoms. The Balaban J connectivity index is 1.31. The lowest BCUT2D eigenvalue weighted by Gasteiger charge is -2.22. The highest BCUT2D eigenvalue weighted by atomic mass is 32.2. The van der Waals surface area contributed by atoms with Crippen molar-refractivity contribution < 1.29 is 26.0 Å². The Hall–Kier alpha value is -5.57. The van der Waals surface area contributed by atoms with E-state index in [4.69, 9.17) is 20.6 Å². The first-order chi connectivity index (χ1) is 30.7. The van der Waals surface area contributed by atoms with Gasteiger partial charge in [-0.2, -0.15) is 0 Å². The minimum Gasteiger partial charge on any atom is -0.309 e. The van der Waals surface area contributed by atoms with Crippen LogP contribution in [0.5, 0.6) is 0 Å². The van der Waals surface area contributed by atoms with Crippen LogP contribution in [-0.4, -0.2) is 4.57 Å². The molecule has 0 atom stereocenters. The molecule has 0 bridgehead atoms. The molecule has 10 rings (SSSR count). The van der Waals surface area contributed by atoms with Gasteiger partial charge in [0.2, 0.25) is 0 Å². The third-order valence-electron chi connectivity index (χ3n) is 8.22. The second-order valence-corrected chi connectivity index (χ2v) is 11.7. The van der Waals surface area contributed by atoms with Crippen molar-refractivity contribution in [3.05, 3.63) is 163 Å². The lowest BCUT2D eigenvalue weighted by Crippen LogP contribution is -1.95. The molecule has 0 unspecified atom stereocenters. The first-order valence-corrected chi connectivity index (χ1v) is 15.0. The SMILES string of the molecule is [2H]c1c([2H])c([2H])c(-c2ccc3c4c(cccc24)-c2cc(-c4c([2H])c([2H])c5c(c4[2H])c4c([2H])c([2H])c6c([2H])c([2H])c([2H])c([2H])c6c4n5-c4c([2H])c([2H])c([2H])c([2H])c4[2H])ccc2S3)c([2H])c1[2H]. The largest absolute Gasteiger partial charge is 0.309 e. The first-order valence-electron chi connectivity index (χ1n) is 23.7. The van der Waals surface area contributed by atoms with Crippen molar-refractivity contribution in [2.24, 2.45) is 0 Å². The van der Waals surface area contributed by atoms with Crippen LogP contribution in [-0.2, 0) is 0 Å². The summed E-state index contributed by atoms with van der Waals surface area (Å²) in [6.07, 6.45) is 0. The number of rotatable bonds is 3. The van der Waals surface area contributed by atoms with E-state index in [-0.39, 0.29) is 56.0 Å². The molecule has 2 heterocycles. The van der Waals surface area contributed by atoms with E-state index in [1.54, 1.807) is 36.4 Å². The third kappa shape index (κ3) is 3.77. The average molecular weight is 621 g/mol. The molecule has 8 aromatic carbocycles. The van der Waals surface area contributed by atoms with Gasteiger partial charge in [-0.3, -0.25) is 0 Å². The summed E-state index contributed by atoms with van der Waals surface area (Å²) in [4.78, 5) is 1.60. The average Bonchev–Trinajstić information content (AvgIpc) is 3.64. The van der Waals surface area contributed by atoms with Crippen LogP contribution in [0, 0.1) is 0 Å². The second kappa shape index (κ2) is 9.97. The van der Waals surface area contributed by atoms with Gasteiger partial charge in [0.05, 0.1) is 37.1 Å². The Morgan fingerprint density at radius 2 is 1.30 bits per heavy atom. The second-order valence-electron chi connectivity index (χ2n) is 10.7. The molecule has 1 aliphatic rings. The lowest BCUT2D eigenvalue weighted by molar-refractivity contribution is 1.19. The zero-order valence-corrected chi connectivity index (χ0v) is 24.3. The molecule has 9 aromatic rings. The summed E-state index contributed by atoms with van der Waals surface area (Å²) in [6.45, 7) is 0.